The third kappa shape index (κ3) is 1.43. The van der Waals surface area contributed by atoms with Gasteiger partial charge < -0.3 is 14.0 Å². The van der Waals surface area contributed by atoms with Crippen LogP contribution in [0.4, 0.5) is 0 Å². The van der Waals surface area contributed by atoms with Crippen LogP contribution in [0.3, 0.4) is 0 Å². The summed E-state index contributed by atoms with van der Waals surface area (Å²) in [4.78, 5) is 12.1. The monoisotopic (exact) mass is 292 g/mol. The molecule has 2 bridgehead atoms. The maximum absolute atomic E-state index is 12.1. The van der Waals surface area contributed by atoms with Crippen molar-refractivity contribution in [2.45, 2.75) is 76.3 Å². The number of carbonyl (C=O) groups is 1. The molecule has 0 spiro atoms. The van der Waals surface area contributed by atoms with E-state index < -0.39 is 0 Å². The van der Waals surface area contributed by atoms with Gasteiger partial charge in [-0.25, -0.2) is 0 Å². The molecule has 0 amide bonds. The van der Waals surface area contributed by atoms with Crippen molar-refractivity contribution in [1.82, 2.24) is 0 Å². The zero-order valence-electron chi connectivity index (χ0n) is 13.7. The molecule has 21 heavy (non-hydrogen) atoms. The van der Waals surface area contributed by atoms with E-state index in [2.05, 4.69) is 27.7 Å². The molecule has 0 atom stereocenters. The minimum absolute atomic E-state index is 0.00437. The lowest BCUT2D eigenvalue weighted by Gasteiger charge is -2.73. The summed E-state index contributed by atoms with van der Waals surface area (Å²) in [7, 11) is 1.40. The maximum atomic E-state index is 12.1. The van der Waals surface area contributed by atoms with E-state index in [1.807, 2.05) is 0 Å². The van der Waals surface area contributed by atoms with Crippen LogP contribution in [0.1, 0.15) is 59.8 Å². The summed E-state index contributed by atoms with van der Waals surface area (Å²) in [6.45, 7) is 8.41. The summed E-state index contributed by atoms with van der Waals surface area (Å²) in [6, 6.07) is 0. The molecular formula is C16H25BO4. The van der Waals surface area contributed by atoms with E-state index in [-0.39, 0.29) is 40.4 Å². The van der Waals surface area contributed by atoms with Crippen LogP contribution in [-0.4, -0.2) is 31.4 Å². The quantitative estimate of drug-likeness (QED) is 0.592. The third-order valence-electron chi connectivity index (χ3n) is 7.17. The molecule has 4 nitrogen and oxygen atoms in total. The first-order chi connectivity index (χ1) is 9.62. The summed E-state index contributed by atoms with van der Waals surface area (Å²) in [5.41, 5.74) is -0.517. The van der Waals surface area contributed by atoms with E-state index >= 15 is 0 Å². The molecule has 5 fully saturated rings. The zero-order valence-corrected chi connectivity index (χ0v) is 13.7. The molecule has 0 N–H and O–H groups in total. The highest BCUT2D eigenvalue weighted by Gasteiger charge is 2.85. The third-order valence-corrected chi connectivity index (χ3v) is 7.17. The molecule has 0 aromatic carbocycles. The first-order valence-corrected chi connectivity index (χ1v) is 8.06. The van der Waals surface area contributed by atoms with Gasteiger partial charge in [0.05, 0.1) is 23.7 Å². The Morgan fingerprint density at radius 1 is 1.00 bits per heavy atom. The lowest BCUT2D eigenvalue weighted by atomic mass is 9.21. The average molecular weight is 292 g/mol. The van der Waals surface area contributed by atoms with Gasteiger partial charge in [-0.3, -0.25) is 4.79 Å². The summed E-state index contributed by atoms with van der Waals surface area (Å²) in [5, 5.41) is 0.147. The number of hydrogen-bond acceptors (Lipinski definition) is 4. The van der Waals surface area contributed by atoms with Crippen LogP contribution in [-0.2, 0) is 18.8 Å². The molecule has 1 saturated heterocycles. The second-order valence-corrected chi connectivity index (χ2v) is 8.83. The Labute approximate surface area is 127 Å². The number of rotatable bonds is 3. The normalized spacial score (nSPS) is 43.8. The smallest absolute Gasteiger partial charge is 0.464 e. The SMILES string of the molecule is COC(=O)C1(C23CC(B4OC(C)(C)C(C)(C)O4)(C2)C3)CC1. The van der Waals surface area contributed by atoms with Gasteiger partial charge in [-0.2, -0.15) is 0 Å². The second-order valence-electron chi connectivity index (χ2n) is 8.83. The molecule has 1 heterocycles. The zero-order chi connectivity index (χ0) is 15.3. The Bertz CT molecular complexity index is 485. The molecule has 1 aliphatic heterocycles. The standard InChI is InChI=1S/C16H25BO4/c1-12(2)13(3,4)21-17(20-12)15-8-14(9-15,10-15)16(6-7-16)11(18)19-5/h6-10H2,1-5H3. The Kier molecular flexibility index (Phi) is 2.35. The molecule has 0 aromatic rings. The van der Waals surface area contributed by atoms with Crippen molar-refractivity contribution < 1.29 is 18.8 Å². The van der Waals surface area contributed by atoms with Crippen LogP contribution in [0.2, 0.25) is 5.31 Å². The van der Waals surface area contributed by atoms with Crippen LogP contribution in [0, 0.1) is 10.8 Å². The topological polar surface area (TPSA) is 44.8 Å². The molecule has 116 valence electrons. The molecule has 4 saturated carbocycles. The maximum Gasteiger partial charge on any atom is 0.464 e. The minimum Gasteiger partial charge on any atom is -0.469 e. The minimum atomic E-state index is -0.264. The Morgan fingerprint density at radius 2 is 1.48 bits per heavy atom. The highest BCUT2D eigenvalue weighted by atomic mass is 16.7. The van der Waals surface area contributed by atoms with E-state index in [0.29, 0.717) is 0 Å². The van der Waals surface area contributed by atoms with Gasteiger partial charge in [-0.1, -0.05) is 0 Å². The van der Waals surface area contributed by atoms with Gasteiger partial charge in [0, 0.05) is 5.31 Å². The van der Waals surface area contributed by atoms with Gasteiger partial charge in [0.25, 0.3) is 0 Å². The van der Waals surface area contributed by atoms with Crippen LogP contribution in [0.15, 0.2) is 0 Å². The predicted octanol–water partition coefficient (Wildman–Crippen LogP) is 2.96. The van der Waals surface area contributed by atoms with Crippen molar-refractivity contribution >= 4 is 13.1 Å². The summed E-state index contributed by atoms with van der Waals surface area (Å²) in [6.07, 6.45) is 5.18. The number of carbonyl (C=O) groups excluding carboxylic acids is 1. The van der Waals surface area contributed by atoms with Crippen molar-refractivity contribution in [3.05, 3.63) is 0 Å². The van der Waals surface area contributed by atoms with Crippen LogP contribution < -0.4 is 0 Å². The fraction of sp³-hybridized carbons (Fsp3) is 0.938. The number of esters is 1. The van der Waals surface area contributed by atoms with E-state index in [4.69, 9.17) is 14.0 Å². The van der Waals surface area contributed by atoms with E-state index in [0.717, 1.165) is 32.1 Å². The van der Waals surface area contributed by atoms with Crippen molar-refractivity contribution in [3.8, 4) is 0 Å². The molecule has 0 aromatic heterocycles. The van der Waals surface area contributed by atoms with E-state index in [1.54, 1.807) is 0 Å². The fourth-order valence-corrected chi connectivity index (χ4v) is 4.99. The van der Waals surface area contributed by atoms with Gasteiger partial charge in [0.1, 0.15) is 0 Å². The molecule has 5 heteroatoms. The largest absolute Gasteiger partial charge is 0.469 e. The highest BCUT2D eigenvalue weighted by Crippen LogP contribution is 2.89. The van der Waals surface area contributed by atoms with E-state index in [9.17, 15) is 4.79 Å². The average Bonchev–Trinajstić information content (AvgIpc) is 3.00. The number of ether oxygens (including phenoxy) is 1. The first-order valence-electron chi connectivity index (χ1n) is 8.06. The van der Waals surface area contributed by atoms with Crippen molar-refractivity contribution in [2.24, 2.45) is 10.8 Å². The molecule has 0 unspecified atom stereocenters. The Hall–Kier alpha value is -0.545. The second kappa shape index (κ2) is 3.51. The molecule has 4 aliphatic carbocycles. The van der Waals surface area contributed by atoms with Gasteiger partial charge in [-0.05, 0) is 65.2 Å². The van der Waals surface area contributed by atoms with Crippen LogP contribution >= 0.6 is 0 Å². The first kappa shape index (κ1) is 14.1. The Morgan fingerprint density at radius 3 is 1.86 bits per heavy atom. The molecule has 0 radical (unpaired) electrons. The lowest BCUT2D eigenvalue weighted by Crippen LogP contribution is -2.68. The van der Waals surface area contributed by atoms with Gasteiger partial charge >= 0.3 is 13.1 Å². The van der Waals surface area contributed by atoms with Gasteiger partial charge in [0.15, 0.2) is 0 Å². The molecule has 5 rings (SSSR count). The summed E-state index contributed by atoms with van der Waals surface area (Å²) >= 11 is 0. The van der Waals surface area contributed by atoms with Crippen LogP contribution in [0.25, 0.3) is 0 Å². The summed E-state index contributed by atoms with van der Waals surface area (Å²) in [5.74, 6) is 0.00437. The fourth-order valence-electron chi connectivity index (χ4n) is 4.99. The molecule has 5 aliphatic rings. The van der Waals surface area contributed by atoms with Gasteiger partial charge in [0.2, 0.25) is 0 Å². The predicted molar refractivity (Wildman–Crippen MR) is 78.7 cm³/mol. The lowest BCUT2D eigenvalue weighted by molar-refractivity contribution is -0.192. The summed E-state index contributed by atoms with van der Waals surface area (Å²) < 4.78 is 17.5. The van der Waals surface area contributed by atoms with Crippen molar-refractivity contribution in [2.75, 3.05) is 7.11 Å². The Balaban J connectivity index is 1.49. The highest BCUT2D eigenvalue weighted by molar-refractivity contribution is 6.51. The number of hydrogen-bond donors (Lipinski definition) is 0. The number of methoxy groups -OCH3 is 1. The molecular weight excluding hydrogens is 267 g/mol. The van der Waals surface area contributed by atoms with Crippen molar-refractivity contribution in [3.63, 3.8) is 0 Å². The van der Waals surface area contributed by atoms with E-state index in [1.165, 1.54) is 7.11 Å². The van der Waals surface area contributed by atoms with Crippen LogP contribution in [0.5, 0.6) is 0 Å². The van der Waals surface area contributed by atoms with Gasteiger partial charge in [-0.15, -0.1) is 0 Å². The van der Waals surface area contributed by atoms with Crippen molar-refractivity contribution in [1.29, 1.82) is 0 Å².